The molecule has 27 valence electrons. The van der Waals surface area contributed by atoms with E-state index in [0.29, 0.717) is 0 Å². The van der Waals surface area contributed by atoms with Crippen molar-refractivity contribution >= 4 is 51.4 Å². The van der Waals surface area contributed by atoms with Crippen LogP contribution in [-0.2, 0) is 0 Å². The maximum Gasteiger partial charge on any atom is 0.0690 e. The van der Waals surface area contributed by atoms with Crippen molar-refractivity contribution in [1.29, 1.82) is 0 Å². The van der Waals surface area contributed by atoms with Crippen LogP contribution in [0.5, 0.6) is 0 Å². The van der Waals surface area contributed by atoms with E-state index in [4.69, 9.17) is 0 Å². The van der Waals surface area contributed by atoms with Gasteiger partial charge in [0.25, 0.3) is 0 Å². The van der Waals surface area contributed by atoms with Crippen LogP contribution in [0.2, 0.25) is 0 Å². The molecule has 1 aromatic rings. The third kappa shape index (κ3) is 2.04. The Morgan fingerprint density at radius 2 is 1.67 bits per heavy atom. The van der Waals surface area contributed by atoms with Gasteiger partial charge in [-0.15, -0.1) is 0 Å². The van der Waals surface area contributed by atoms with Gasteiger partial charge < -0.3 is 0 Å². The van der Waals surface area contributed by atoms with E-state index >= 15 is 0 Å². The monoisotopic (exact) mass is 108 g/mol. The van der Waals surface area contributed by atoms with Crippen molar-refractivity contribution in [3.05, 3.63) is 12.4 Å². The molecule has 6 heavy (non-hydrogen) atoms. The van der Waals surface area contributed by atoms with Gasteiger partial charge in [0.05, 0.1) is 12.4 Å². The van der Waals surface area contributed by atoms with Crippen LogP contribution in [0, 0.1) is 0 Å². The topological polar surface area (TPSA) is 41.6 Å². The summed E-state index contributed by atoms with van der Waals surface area (Å²) >= 11 is 0. The molecule has 0 unspecified atom stereocenters. The molecule has 0 saturated heterocycles. The third-order valence-electron chi connectivity index (χ3n) is 0.331. The summed E-state index contributed by atoms with van der Waals surface area (Å²) in [4.78, 5) is 0. The minimum Gasteiger partial charge on any atom is -0.198 e. The summed E-state index contributed by atoms with van der Waals surface area (Å²) in [5.74, 6) is 0. The molecule has 1 radical (unpaired) electrons. The van der Waals surface area contributed by atoms with Gasteiger partial charge in [-0.25, -0.2) is 0 Å². The van der Waals surface area contributed by atoms with E-state index in [1.54, 1.807) is 12.4 Å². The van der Waals surface area contributed by atoms with Gasteiger partial charge in [-0.2, -0.15) is 15.4 Å². The fourth-order valence-electron chi connectivity index (χ4n) is 0.167. The smallest absolute Gasteiger partial charge is 0.0690 e. The molecule has 1 rings (SSSR count). The fourth-order valence-corrected chi connectivity index (χ4v) is 0.167. The maximum absolute atomic E-state index is 3.49. The molecule has 0 aliphatic carbocycles. The second-order valence-electron chi connectivity index (χ2n) is 0.656. The van der Waals surface area contributed by atoms with Crippen LogP contribution in [0.1, 0.15) is 0 Å². The van der Waals surface area contributed by atoms with Crippen LogP contribution >= 0.6 is 0 Å². The maximum atomic E-state index is 3.49. The number of aromatic nitrogens is 3. The molecular formula is C2H3KN3. The summed E-state index contributed by atoms with van der Waals surface area (Å²) in [7, 11) is 0. The van der Waals surface area contributed by atoms with Crippen LogP contribution in [0.15, 0.2) is 12.4 Å². The van der Waals surface area contributed by atoms with Crippen molar-refractivity contribution in [2.75, 3.05) is 0 Å². The first-order valence-electron chi connectivity index (χ1n) is 1.30. The van der Waals surface area contributed by atoms with Gasteiger partial charge in [0.15, 0.2) is 0 Å². The Hall–Kier alpha value is 0.776. The van der Waals surface area contributed by atoms with Crippen molar-refractivity contribution in [2.45, 2.75) is 0 Å². The van der Waals surface area contributed by atoms with E-state index in [1.165, 1.54) is 0 Å². The van der Waals surface area contributed by atoms with Gasteiger partial charge >= 0.3 is 0 Å². The average Bonchev–Trinajstić information content (AvgIpc) is 1.76. The molecule has 1 N–H and O–H groups in total. The van der Waals surface area contributed by atoms with Crippen LogP contribution in [0.4, 0.5) is 0 Å². The van der Waals surface area contributed by atoms with Crippen molar-refractivity contribution < 1.29 is 0 Å². The van der Waals surface area contributed by atoms with Crippen molar-refractivity contribution in [2.24, 2.45) is 0 Å². The molecule has 0 fully saturated rings. The molecule has 1 aromatic heterocycles. The molecule has 0 bridgehead atoms. The number of aromatic amines is 1. The number of rotatable bonds is 0. The van der Waals surface area contributed by atoms with Crippen molar-refractivity contribution in [3.8, 4) is 0 Å². The standard InChI is InChI=1S/C2H3N3.K/c1-2-4-5-3-1;/h1-2H,(H,3,4,5);. The van der Waals surface area contributed by atoms with Gasteiger partial charge in [-0.05, 0) is 0 Å². The van der Waals surface area contributed by atoms with E-state index in [2.05, 4.69) is 15.4 Å². The van der Waals surface area contributed by atoms with E-state index in [-0.39, 0.29) is 51.4 Å². The molecule has 1 heterocycles. The molecular weight excluding hydrogens is 105 g/mol. The molecule has 0 aliphatic rings. The zero-order chi connectivity index (χ0) is 3.54. The Kier molecular flexibility index (Phi) is 4.46. The first-order valence-corrected chi connectivity index (χ1v) is 1.30. The van der Waals surface area contributed by atoms with Gasteiger partial charge in [0.1, 0.15) is 0 Å². The predicted molar refractivity (Wildman–Crippen MR) is 22.1 cm³/mol. The number of hydrogen-bond acceptors (Lipinski definition) is 2. The minimum atomic E-state index is 0. The number of H-pyrrole nitrogens is 1. The molecule has 4 heteroatoms. The van der Waals surface area contributed by atoms with Gasteiger partial charge in [-0.3, -0.25) is 0 Å². The Balaban J connectivity index is 0.000000250. The summed E-state index contributed by atoms with van der Waals surface area (Å²) in [6, 6.07) is 0. The van der Waals surface area contributed by atoms with Gasteiger partial charge in [-0.1, -0.05) is 0 Å². The first-order chi connectivity index (χ1) is 2.50. The number of nitrogens with one attached hydrogen (secondary N) is 1. The Morgan fingerprint density at radius 3 is 1.83 bits per heavy atom. The second kappa shape index (κ2) is 3.95. The van der Waals surface area contributed by atoms with Crippen molar-refractivity contribution in [3.63, 3.8) is 0 Å². The molecule has 3 nitrogen and oxygen atoms in total. The minimum absolute atomic E-state index is 0. The van der Waals surface area contributed by atoms with Gasteiger partial charge in [0, 0.05) is 51.4 Å². The molecule has 0 saturated carbocycles. The van der Waals surface area contributed by atoms with Crippen molar-refractivity contribution in [1.82, 2.24) is 15.4 Å². The molecule has 0 spiro atoms. The van der Waals surface area contributed by atoms with Gasteiger partial charge in [0.2, 0.25) is 0 Å². The summed E-state index contributed by atoms with van der Waals surface area (Å²) < 4.78 is 0. The summed E-state index contributed by atoms with van der Waals surface area (Å²) in [5, 5.41) is 9.33. The van der Waals surface area contributed by atoms with E-state index in [9.17, 15) is 0 Å². The number of nitrogens with zero attached hydrogens (tertiary/aromatic N) is 2. The van der Waals surface area contributed by atoms with E-state index in [1.807, 2.05) is 0 Å². The van der Waals surface area contributed by atoms with E-state index in [0.717, 1.165) is 0 Å². The molecule has 0 aliphatic heterocycles. The van der Waals surface area contributed by atoms with E-state index < -0.39 is 0 Å². The Morgan fingerprint density at radius 1 is 1.17 bits per heavy atom. The Bertz CT molecular complexity index is 65.3. The van der Waals surface area contributed by atoms with Crippen LogP contribution < -0.4 is 0 Å². The average molecular weight is 108 g/mol. The number of hydrogen-bond donors (Lipinski definition) is 1. The quantitative estimate of drug-likeness (QED) is 0.452. The van der Waals surface area contributed by atoms with Crippen LogP contribution in [0.25, 0.3) is 0 Å². The summed E-state index contributed by atoms with van der Waals surface area (Å²) in [5.41, 5.74) is 0. The summed E-state index contributed by atoms with van der Waals surface area (Å²) in [6.07, 6.45) is 3.17. The Labute approximate surface area is 77.9 Å². The predicted octanol–water partition coefficient (Wildman–Crippen LogP) is -0.576. The largest absolute Gasteiger partial charge is 0.198 e. The third-order valence-corrected chi connectivity index (χ3v) is 0.331. The van der Waals surface area contributed by atoms with Crippen LogP contribution in [-0.4, -0.2) is 66.8 Å². The SMILES string of the molecule is [K].c1cn[nH]n1. The molecule has 0 amide bonds. The first kappa shape index (κ1) is 6.78. The normalized spacial score (nSPS) is 6.67. The zero-order valence-corrected chi connectivity index (χ0v) is 6.67. The second-order valence-corrected chi connectivity index (χ2v) is 0.656. The van der Waals surface area contributed by atoms with Crippen LogP contribution in [0.3, 0.4) is 0 Å². The fraction of sp³-hybridized carbons (Fsp3) is 0. The zero-order valence-electron chi connectivity index (χ0n) is 3.55. The molecule has 0 aromatic carbocycles. The summed E-state index contributed by atoms with van der Waals surface area (Å²) in [6.45, 7) is 0. The molecule has 0 atom stereocenters.